The van der Waals surface area contributed by atoms with Crippen molar-refractivity contribution in [3.63, 3.8) is 0 Å². The van der Waals surface area contributed by atoms with Crippen LogP contribution in [0.5, 0.6) is 5.75 Å². The van der Waals surface area contributed by atoms with Crippen molar-refractivity contribution >= 4 is 10.0 Å². The van der Waals surface area contributed by atoms with Crippen LogP contribution in [0, 0.1) is 11.7 Å². The summed E-state index contributed by atoms with van der Waals surface area (Å²) in [5, 5.41) is 0. The number of aromatic nitrogens is 2. The zero-order valence-corrected chi connectivity index (χ0v) is 21.4. The predicted molar refractivity (Wildman–Crippen MR) is 124 cm³/mol. The van der Waals surface area contributed by atoms with E-state index < -0.39 is 64.5 Å². The molecule has 216 valence electrons. The normalized spacial score (nSPS) is 18.8. The van der Waals surface area contributed by atoms with Crippen molar-refractivity contribution in [2.75, 3.05) is 26.0 Å². The molecular weight excluding hydrogens is 561 g/mol. The summed E-state index contributed by atoms with van der Waals surface area (Å²) in [7, 11) is -3.39. The first-order chi connectivity index (χ1) is 18.0. The zero-order chi connectivity index (χ0) is 28.8. The number of ether oxygens (including phenoxy) is 1. The van der Waals surface area contributed by atoms with Gasteiger partial charge in [-0.1, -0.05) is 6.07 Å². The van der Waals surface area contributed by atoms with Crippen LogP contribution in [0.3, 0.4) is 0 Å². The van der Waals surface area contributed by atoms with Gasteiger partial charge in [-0.05, 0) is 42.0 Å². The van der Waals surface area contributed by atoms with Crippen LogP contribution in [-0.4, -0.2) is 65.5 Å². The fourth-order valence-electron chi connectivity index (χ4n) is 4.84. The molecule has 0 aliphatic carbocycles. The number of rotatable bonds is 7. The summed E-state index contributed by atoms with van der Waals surface area (Å²) in [4.78, 5) is 17.4. The van der Waals surface area contributed by atoms with Gasteiger partial charge in [0.25, 0.3) is 5.56 Å². The van der Waals surface area contributed by atoms with Gasteiger partial charge in [0.05, 0.1) is 19.1 Å². The molecule has 0 unspecified atom stereocenters. The largest absolute Gasteiger partial charge is 0.486 e. The van der Waals surface area contributed by atoms with E-state index in [0.29, 0.717) is 24.6 Å². The molecule has 3 heterocycles. The molecular formula is C23H25F7N4O4S. The van der Waals surface area contributed by atoms with Gasteiger partial charge in [-0.15, -0.1) is 0 Å². The molecule has 0 bridgehead atoms. The molecule has 0 spiro atoms. The number of halogens is 7. The minimum absolute atomic E-state index is 0.0800. The second-order valence-electron chi connectivity index (χ2n) is 9.67. The Balaban J connectivity index is 1.62. The third-order valence-corrected chi connectivity index (χ3v) is 8.04. The van der Waals surface area contributed by atoms with Gasteiger partial charge < -0.3 is 4.74 Å². The number of sulfonamides is 1. The van der Waals surface area contributed by atoms with Crippen LogP contribution in [0.15, 0.2) is 29.2 Å². The number of benzene rings is 1. The zero-order valence-electron chi connectivity index (χ0n) is 20.6. The van der Waals surface area contributed by atoms with Gasteiger partial charge in [0.2, 0.25) is 15.8 Å². The van der Waals surface area contributed by atoms with Gasteiger partial charge in [-0.3, -0.25) is 14.3 Å². The predicted octanol–water partition coefficient (Wildman–Crippen LogP) is 3.61. The molecule has 4 rings (SSSR count). The van der Waals surface area contributed by atoms with Crippen LogP contribution >= 0.6 is 0 Å². The first kappa shape index (κ1) is 29.3. The molecule has 1 aromatic carbocycles. The minimum Gasteiger partial charge on any atom is -0.486 e. The number of hydrogen-bond acceptors (Lipinski definition) is 6. The molecule has 2 aromatic rings. The Morgan fingerprint density at radius 1 is 1.08 bits per heavy atom. The van der Waals surface area contributed by atoms with Crippen molar-refractivity contribution in [1.29, 1.82) is 0 Å². The van der Waals surface area contributed by atoms with Crippen LogP contribution in [0.25, 0.3) is 0 Å². The third kappa shape index (κ3) is 6.90. The summed E-state index contributed by atoms with van der Waals surface area (Å²) >= 11 is 0. The summed E-state index contributed by atoms with van der Waals surface area (Å²) in [5.74, 6) is -2.72. The quantitative estimate of drug-likeness (QED) is 0.461. The molecule has 1 aromatic heterocycles. The monoisotopic (exact) mass is 586 g/mol. The lowest BCUT2D eigenvalue weighted by Crippen LogP contribution is -2.42. The fraction of sp³-hybridized carbons (Fsp3) is 0.565. The molecule has 0 radical (unpaired) electrons. The average Bonchev–Trinajstić information content (AvgIpc) is 3.21. The Bertz CT molecular complexity index is 1370. The molecule has 0 saturated carbocycles. The number of fused-ring (bicyclic) bond motifs is 1. The second-order valence-corrected chi connectivity index (χ2v) is 11.6. The van der Waals surface area contributed by atoms with E-state index in [0.717, 1.165) is 23.3 Å². The van der Waals surface area contributed by atoms with Gasteiger partial charge >= 0.3 is 12.4 Å². The van der Waals surface area contributed by atoms with Crippen molar-refractivity contribution in [1.82, 2.24) is 18.8 Å². The minimum atomic E-state index is -5.12. The van der Waals surface area contributed by atoms with Gasteiger partial charge in [-0.2, -0.15) is 26.3 Å². The van der Waals surface area contributed by atoms with E-state index in [1.807, 2.05) is 0 Å². The lowest BCUT2D eigenvalue weighted by atomic mass is 9.99. The Kier molecular flexibility index (Phi) is 8.02. The van der Waals surface area contributed by atoms with Crippen LogP contribution in [-0.2, 0) is 29.7 Å². The Hall–Kier alpha value is -2.72. The molecule has 0 amide bonds. The van der Waals surface area contributed by atoms with E-state index in [4.69, 9.17) is 4.74 Å². The van der Waals surface area contributed by atoms with Crippen molar-refractivity contribution < 1.29 is 43.9 Å². The van der Waals surface area contributed by atoms with Crippen molar-refractivity contribution in [3.05, 3.63) is 57.5 Å². The highest BCUT2D eigenvalue weighted by Crippen LogP contribution is 2.41. The molecule has 2 aliphatic rings. The van der Waals surface area contributed by atoms with Crippen LogP contribution in [0.4, 0.5) is 30.7 Å². The summed E-state index contributed by atoms with van der Waals surface area (Å²) in [6.07, 6.45) is -7.71. The summed E-state index contributed by atoms with van der Waals surface area (Å²) < 4.78 is 127. The Morgan fingerprint density at radius 2 is 1.72 bits per heavy atom. The van der Waals surface area contributed by atoms with Crippen molar-refractivity contribution in [3.8, 4) is 5.75 Å². The van der Waals surface area contributed by atoms with E-state index in [2.05, 4.69) is 4.98 Å². The molecule has 1 atom stereocenters. The molecule has 1 saturated heterocycles. The Labute approximate surface area is 219 Å². The van der Waals surface area contributed by atoms with Crippen molar-refractivity contribution in [2.24, 2.45) is 5.92 Å². The SMILES string of the molecule is CS(=O)(=O)N1CCC(COc2cnc([C@@H](N3Cc4ccc(F)cc4C3)C(F)(F)F)n(CC(F)(F)F)c2=O)CC1. The number of piperidine rings is 1. The molecule has 39 heavy (non-hydrogen) atoms. The van der Waals surface area contributed by atoms with E-state index in [9.17, 15) is 43.9 Å². The third-order valence-electron chi connectivity index (χ3n) is 6.74. The molecule has 8 nitrogen and oxygen atoms in total. The maximum Gasteiger partial charge on any atom is 0.411 e. The average molecular weight is 587 g/mol. The Morgan fingerprint density at radius 3 is 2.31 bits per heavy atom. The maximum atomic E-state index is 14.3. The van der Waals surface area contributed by atoms with E-state index in [-0.39, 0.29) is 42.3 Å². The number of alkyl halides is 6. The highest BCUT2D eigenvalue weighted by atomic mass is 32.2. The fourth-order valence-corrected chi connectivity index (χ4v) is 5.71. The molecule has 1 fully saturated rings. The summed E-state index contributed by atoms with van der Waals surface area (Å²) in [6.45, 7) is -2.55. The summed E-state index contributed by atoms with van der Waals surface area (Å²) in [5.41, 5.74) is -0.809. The van der Waals surface area contributed by atoms with Gasteiger partial charge in [0.1, 0.15) is 18.2 Å². The van der Waals surface area contributed by atoms with E-state index in [1.165, 1.54) is 10.4 Å². The molecule has 0 N–H and O–H groups in total. The van der Waals surface area contributed by atoms with E-state index in [1.54, 1.807) is 0 Å². The summed E-state index contributed by atoms with van der Waals surface area (Å²) in [6, 6.07) is 0.736. The smallest absolute Gasteiger partial charge is 0.411 e. The number of nitrogens with zero attached hydrogens (tertiary/aromatic N) is 4. The van der Waals surface area contributed by atoms with Crippen LogP contribution in [0.1, 0.15) is 35.8 Å². The van der Waals surface area contributed by atoms with E-state index >= 15 is 0 Å². The first-order valence-corrected chi connectivity index (χ1v) is 13.7. The number of hydrogen-bond donors (Lipinski definition) is 0. The molecule has 2 aliphatic heterocycles. The van der Waals surface area contributed by atoms with Gasteiger partial charge in [0, 0.05) is 26.2 Å². The standard InChI is InChI=1S/C23H25F7N4O4S/c1-39(36,37)33-6-4-14(5-7-33)12-38-18-9-31-20(34(21(18)35)13-22(25,26)27)19(23(28,29)30)32-10-15-2-3-17(24)8-16(15)11-32/h2-3,8-9,14,19H,4-7,10-13H2,1H3/t19-/m1/s1. The van der Waals surface area contributed by atoms with Gasteiger partial charge in [-0.25, -0.2) is 22.1 Å². The highest BCUT2D eigenvalue weighted by Gasteiger charge is 2.49. The van der Waals surface area contributed by atoms with Crippen LogP contribution in [0.2, 0.25) is 0 Å². The second kappa shape index (κ2) is 10.7. The van der Waals surface area contributed by atoms with Crippen LogP contribution < -0.4 is 10.3 Å². The topological polar surface area (TPSA) is 84.7 Å². The first-order valence-electron chi connectivity index (χ1n) is 11.9. The lowest BCUT2D eigenvalue weighted by molar-refractivity contribution is -0.193. The van der Waals surface area contributed by atoms with Gasteiger partial charge in [0.15, 0.2) is 6.04 Å². The molecule has 16 heteroatoms. The highest BCUT2D eigenvalue weighted by molar-refractivity contribution is 7.88. The lowest BCUT2D eigenvalue weighted by Gasteiger charge is -2.31. The maximum absolute atomic E-state index is 14.3. The van der Waals surface area contributed by atoms with Crippen molar-refractivity contribution in [2.45, 2.75) is 50.9 Å².